The third kappa shape index (κ3) is 5.82. The Morgan fingerprint density at radius 3 is 2.76 bits per heavy atom. The summed E-state index contributed by atoms with van der Waals surface area (Å²) in [6.07, 6.45) is 9.07. The minimum absolute atomic E-state index is 0.301. The number of amides is 1. The highest BCUT2D eigenvalue weighted by Crippen LogP contribution is 2.25. The van der Waals surface area contributed by atoms with Crippen molar-refractivity contribution < 1.29 is 4.79 Å². The van der Waals surface area contributed by atoms with E-state index in [1.165, 1.54) is 5.56 Å². The third-order valence-electron chi connectivity index (χ3n) is 6.03. The molecule has 0 unspecified atom stereocenters. The first-order chi connectivity index (χ1) is 16.2. The average Bonchev–Trinajstić information content (AvgIpc) is 3.54. The second-order valence-electron chi connectivity index (χ2n) is 8.57. The van der Waals surface area contributed by atoms with Crippen LogP contribution in [0.4, 0.5) is 11.8 Å². The first-order valence-electron chi connectivity index (χ1n) is 12.1. The van der Waals surface area contributed by atoms with Gasteiger partial charge >= 0.3 is 0 Å². The van der Waals surface area contributed by atoms with Gasteiger partial charge in [-0.1, -0.05) is 6.92 Å². The van der Waals surface area contributed by atoms with Gasteiger partial charge in [-0.3, -0.25) is 4.79 Å². The van der Waals surface area contributed by atoms with Crippen molar-refractivity contribution in [2.75, 3.05) is 43.9 Å². The third-order valence-corrected chi connectivity index (χ3v) is 6.03. The Hall–Kier alpha value is -3.13. The molecular formula is C25H35N7O. The summed E-state index contributed by atoms with van der Waals surface area (Å²) >= 11 is 0. The van der Waals surface area contributed by atoms with Crippen LogP contribution >= 0.6 is 0 Å². The molecule has 1 aliphatic heterocycles. The zero-order valence-electron chi connectivity index (χ0n) is 19.7. The molecule has 0 saturated carbocycles. The zero-order chi connectivity index (χ0) is 23.0. The summed E-state index contributed by atoms with van der Waals surface area (Å²) < 4.78 is 2.12. The smallest absolute Gasteiger partial charge is 0.224 e. The number of nitrogens with zero attached hydrogens (tertiary/aromatic N) is 4. The highest BCUT2D eigenvalue weighted by atomic mass is 16.2. The van der Waals surface area contributed by atoms with Crippen LogP contribution in [-0.4, -0.2) is 58.6 Å². The number of carbonyl (C=O) groups is 1. The molecular weight excluding hydrogens is 414 g/mol. The van der Waals surface area contributed by atoms with Crippen molar-refractivity contribution in [3.05, 3.63) is 42.2 Å². The summed E-state index contributed by atoms with van der Waals surface area (Å²) in [5.74, 6) is 1.77. The molecule has 176 valence electrons. The largest absolute Gasteiger partial charge is 0.369 e. The summed E-state index contributed by atoms with van der Waals surface area (Å²) in [5.41, 5.74) is 3.18. The van der Waals surface area contributed by atoms with Crippen LogP contribution in [0.15, 0.2) is 36.7 Å². The molecule has 4 rings (SSSR count). The predicted octanol–water partition coefficient (Wildman–Crippen LogP) is 3.78. The van der Waals surface area contributed by atoms with E-state index < -0.39 is 0 Å². The number of anilines is 2. The monoisotopic (exact) mass is 449 g/mol. The quantitative estimate of drug-likeness (QED) is 0.386. The van der Waals surface area contributed by atoms with Gasteiger partial charge in [0.05, 0.1) is 5.52 Å². The molecule has 1 saturated heterocycles. The number of hydrogen-bond donors (Lipinski definition) is 3. The summed E-state index contributed by atoms with van der Waals surface area (Å²) in [6.45, 7) is 6.52. The molecule has 8 heteroatoms. The normalized spacial score (nSPS) is 13.6. The van der Waals surface area contributed by atoms with Gasteiger partial charge in [0.15, 0.2) is 0 Å². The van der Waals surface area contributed by atoms with Crippen LogP contribution in [0.3, 0.4) is 0 Å². The highest BCUT2D eigenvalue weighted by molar-refractivity contribution is 5.91. The van der Waals surface area contributed by atoms with Crippen LogP contribution in [-0.2, 0) is 11.3 Å². The van der Waals surface area contributed by atoms with E-state index in [1.807, 2.05) is 11.9 Å². The Morgan fingerprint density at radius 1 is 1.12 bits per heavy atom. The average molecular weight is 450 g/mol. The minimum Gasteiger partial charge on any atom is -0.369 e. The molecule has 33 heavy (non-hydrogen) atoms. The molecule has 8 nitrogen and oxygen atoms in total. The van der Waals surface area contributed by atoms with E-state index in [-0.39, 0.29) is 0 Å². The van der Waals surface area contributed by atoms with Crippen molar-refractivity contribution >= 4 is 28.6 Å². The van der Waals surface area contributed by atoms with Gasteiger partial charge in [-0.15, -0.1) is 0 Å². The van der Waals surface area contributed by atoms with E-state index >= 15 is 0 Å². The number of likely N-dealkylation sites (tertiary alicyclic amines) is 1. The van der Waals surface area contributed by atoms with Gasteiger partial charge in [0.25, 0.3) is 0 Å². The lowest BCUT2D eigenvalue weighted by molar-refractivity contribution is -0.130. The van der Waals surface area contributed by atoms with Crippen molar-refractivity contribution in [2.45, 2.75) is 45.6 Å². The lowest BCUT2D eigenvalue weighted by atomic mass is 10.2. The fraction of sp³-hybridized carbons (Fsp3) is 0.480. The molecule has 1 aromatic carbocycles. The van der Waals surface area contributed by atoms with Gasteiger partial charge in [0.2, 0.25) is 11.9 Å². The molecule has 0 aliphatic carbocycles. The van der Waals surface area contributed by atoms with Crippen molar-refractivity contribution in [1.29, 1.82) is 0 Å². The van der Waals surface area contributed by atoms with E-state index in [4.69, 9.17) is 0 Å². The summed E-state index contributed by atoms with van der Waals surface area (Å²) in [4.78, 5) is 23.3. The Kier molecular flexibility index (Phi) is 7.78. The SMILES string of the molecule is CCCNc1nc(NC)nc2cc(-n3ccc(CNCCCC(=O)N4CCCC4)c3)ccc12. The van der Waals surface area contributed by atoms with Crippen molar-refractivity contribution in [3.8, 4) is 5.69 Å². The van der Waals surface area contributed by atoms with E-state index in [0.717, 1.165) is 80.8 Å². The second-order valence-corrected chi connectivity index (χ2v) is 8.57. The molecule has 0 radical (unpaired) electrons. The van der Waals surface area contributed by atoms with Gasteiger partial charge in [-0.2, -0.15) is 4.98 Å². The van der Waals surface area contributed by atoms with Crippen LogP contribution < -0.4 is 16.0 Å². The molecule has 3 heterocycles. The molecule has 0 spiro atoms. The van der Waals surface area contributed by atoms with Crippen LogP contribution in [0.1, 0.15) is 44.6 Å². The Labute approximate surface area is 195 Å². The number of benzene rings is 1. The van der Waals surface area contributed by atoms with Crippen LogP contribution in [0.5, 0.6) is 0 Å². The lowest BCUT2D eigenvalue weighted by Gasteiger charge is -2.14. The van der Waals surface area contributed by atoms with Gasteiger partial charge in [0, 0.05) is 63.1 Å². The zero-order valence-corrected chi connectivity index (χ0v) is 19.7. The maximum Gasteiger partial charge on any atom is 0.224 e. The molecule has 1 aliphatic rings. The van der Waals surface area contributed by atoms with Gasteiger partial charge in [-0.05, 0) is 62.1 Å². The van der Waals surface area contributed by atoms with Crippen LogP contribution in [0.2, 0.25) is 0 Å². The molecule has 1 fully saturated rings. The number of carbonyl (C=O) groups excluding carboxylic acids is 1. The highest BCUT2D eigenvalue weighted by Gasteiger charge is 2.16. The first kappa shape index (κ1) is 23.0. The molecule has 3 aromatic rings. The molecule has 1 amide bonds. The molecule has 3 N–H and O–H groups in total. The fourth-order valence-corrected chi connectivity index (χ4v) is 4.20. The molecule has 0 atom stereocenters. The second kappa shape index (κ2) is 11.1. The number of hydrogen-bond acceptors (Lipinski definition) is 6. The van der Waals surface area contributed by atoms with Gasteiger partial charge < -0.3 is 25.4 Å². The molecule has 0 bridgehead atoms. The van der Waals surface area contributed by atoms with E-state index in [0.29, 0.717) is 18.3 Å². The summed E-state index contributed by atoms with van der Waals surface area (Å²) in [6, 6.07) is 8.40. The van der Waals surface area contributed by atoms with Crippen LogP contribution in [0, 0.1) is 0 Å². The Morgan fingerprint density at radius 2 is 1.97 bits per heavy atom. The fourth-order valence-electron chi connectivity index (χ4n) is 4.20. The topological polar surface area (TPSA) is 87.1 Å². The van der Waals surface area contributed by atoms with Gasteiger partial charge in [0.1, 0.15) is 5.82 Å². The summed E-state index contributed by atoms with van der Waals surface area (Å²) in [5, 5.41) is 10.9. The predicted molar refractivity (Wildman–Crippen MR) is 134 cm³/mol. The van der Waals surface area contributed by atoms with Crippen molar-refractivity contribution in [2.24, 2.45) is 0 Å². The number of aromatic nitrogens is 3. The maximum absolute atomic E-state index is 12.1. The van der Waals surface area contributed by atoms with E-state index in [2.05, 4.69) is 74.1 Å². The molecule has 2 aromatic heterocycles. The standard InChI is InChI=1S/C25H35N7O/c1-3-11-28-24-21-9-8-20(16-22(21)29-25(26-2)30-24)32-15-10-19(18-32)17-27-12-6-7-23(33)31-13-4-5-14-31/h8-10,15-16,18,27H,3-7,11-14,17H2,1-2H3,(H2,26,28,29,30). The summed E-state index contributed by atoms with van der Waals surface area (Å²) in [7, 11) is 1.84. The first-order valence-corrected chi connectivity index (χ1v) is 12.1. The number of fused-ring (bicyclic) bond motifs is 1. The lowest BCUT2D eigenvalue weighted by Crippen LogP contribution is -2.28. The van der Waals surface area contributed by atoms with Crippen molar-refractivity contribution in [1.82, 2.24) is 24.8 Å². The van der Waals surface area contributed by atoms with E-state index in [9.17, 15) is 4.79 Å². The van der Waals surface area contributed by atoms with Crippen molar-refractivity contribution in [3.63, 3.8) is 0 Å². The Bertz CT molecular complexity index is 1070. The number of rotatable bonds is 11. The maximum atomic E-state index is 12.1. The van der Waals surface area contributed by atoms with Crippen LogP contribution in [0.25, 0.3) is 16.6 Å². The Balaban J connectivity index is 1.35. The van der Waals surface area contributed by atoms with Gasteiger partial charge in [-0.25, -0.2) is 4.98 Å². The number of nitrogens with one attached hydrogen (secondary N) is 3. The minimum atomic E-state index is 0.301. The van der Waals surface area contributed by atoms with E-state index in [1.54, 1.807) is 0 Å².